The second-order valence-electron chi connectivity index (χ2n) is 4.31. The van der Waals surface area contributed by atoms with Gasteiger partial charge in [-0.15, -0.1) is 0 Å². The van der Waals surface area contributed by atoms with Crippen LogP contribution in [0, 0.1) is 5.82 Å². The summed E-state index contributed by atoms with van der Waals surface area (Å²) in [6.45, 7) is 3.40. The second-order valence-corrected chi connectivity index (χ2v) is 4.31. The molecule has 0 aliphatic heterocycles. The van der Waals surface area contributed by atoms with Crippen LogP contribution in [0.15, 0.2) is 30.6 Å². The first-order valence-electron chi connectivity index (χ1n) is 6.14. The average Bonchev–Trinajstić information content (AvgIpc) is 2.95. The number of amides is 1. The lowest BCUT2D eigenvalue weighted by molar-refractivity contribution is -0.128. The smallest absolute Gasteiger partial charge is 0.261 e. The zero-order valence-electron chi connectivity index (χ0n) is 11.1. The van der Waals surface area contributed by atoms with Gasteiger partial charge in [0.05, 0.1) is 6.04 Å². The fourth-order valence-corrected chi connectivity index (χ4v) is 1.59. The summed E-state index contributed by atoms with van der Waals surface area (Å²) in [5, 5.41) is 9.14. The zero-order valence-corrected chi connectivity index (χ0v) is 11.1. The highest BCUT2D eigenvalue weighted by atomic mass is 19.1. The lowest BCUT2D eigenvalue weighted by Gasteiger charge is -2.17. The zero-order chi connectivity index (χ0) is 14.5. The quantitative estimate of drug-likeness (QED) is 0.870. The molecule has 6 nitrogen and oxygen atoms in total. The molecule has 7 heteroatoms. The Bertz CT molecular complexity index is 556. The van der Waals surface area contributed by atoms with Crippen LogP contribution in [0.2, 0.25) is 0 Å². The Hall–Kier alpha value is -2.44. The SMILES string of the molecule is CC(Oc1ccc(F)cc1)C(=O)NC(C)c1ncn[nH]1. The molecular weight excluding hydrogens is 263 g/mol. The standard InChI is InChI=1S/C13H15FN4O2/c1-8(12-15-7-16-18-12)17-13(19)9(2)20-11-5-3-10(14)4-6-11/h3-9H,1-2H3,(H,17,19)(H,15,16,18). The van der Waals surface area contributed by atoms with Crippen LogP contribution < -0.4 is 10.1 Å². The second kappa shape index (κ2) is 6.14. The molecule has 0 saturated carbocycles. The van der Waals surface area contributed by atoms with Crippen molar-refractivity contribution in [2.75, 3.05) is 0 Å². The van der Waals surface area contributed by atoms with Crippen molar-refractivity contribution >= 4 is 5.91 Å². The molecule has 2 N–H and O–H groups in total. The van der Waals surface area contributed by atoms with Gasteiger partial charge in [0, 0.05) is 0 Å². The van der Waals surface area contributed by atoms with Crippen molar-refractivity contribution in [3.63, 3.8) is 0 Å². The fourth-order valence-electron chi connectivity index (χ4n) is 1.59. The molecule has 0 radical (unpaired) electrons. The first-order valence-corrected chi connectivity index (χ1v) is 6.14. The minimum absolute atomic E-state index is 0.293. The van der Waals surface area contributed by atoms with Gasteiger partial charge in [0.25, 0.3) is 5.91 Å². The summed E-state index contributed by atoms with van der Waals surface area (Å²) in [5.41, 5.74) is 0. The lowest BCUT2D eigenvalue weighted by Crippen LogP contribution is -2.38. The summed E-state index contributed by atoms with van der Waals surface area (Å²) in [6.07, 6.45) is 0.669. The molecule has 2 rings (SSSR count). The number of carbonyl (C=O) groups excluding carboxylic acids is 1. The highest BCUT2D eigenvalue weighted by molar-refractivity contribution is 5.81. The summed E-state index contributed by atoms with van der Waals surface area (Å²) in [4.78, 5) is 15.9. The Balaban J connectivity index is 1.90. The third-order valence-electron chi connectivity index (χ3n) is 2.70. The van der Waals surface area contributed by atoms with E-state index in [-0.39, 0.29) is 17.8 Å². The van der Waals surface area contributed by atoms with Crippen LogP contribution in [0.3, 0.4) is 0 Å². The molecule has 2 atom stereocenters. The number of rotatable bonds is 5. The Morgan fingerprint density at radius 3 is 2.65 bits per heavy atom. The predicted octanol–water partition coefficient (Wildman–Crippen LogP) is 1.59. The Labute approximate surface area is 115 Å². The number of ether oxygens (including phenoxy) is 1. The molecule has 1 heterocycles. The number of halogens is 1. The molecule has 2 aromatic rings. The van der Waals surface area contributed by atoms with Gasteiger partial charge in [-0.2, -0.15) is 5.10 Å². The van der Waals surface area contributed by atoms with Crippen LogP contribution in [0.4, 0.5) is 4.39 Å². The van der Waals surface area contributed by atoms with E-state index in [0.29, 0.717) is 11.6 Å². The van der Waals surface area contributed by atoms with E-state index >= 15 is 0 Å². The predicted molar refractivity (Wildman–Crippen MR) is 69.4 cm³/mol. The van der Waals surface area contributed by atoms with Crippen molar-refractivity contribution in [3.8, 4) is 5.75 Å². The van der Waals surface area contributed by atoms with Crippen molar-refractivity contribution in [3.05, 3.63) is 42.2 Å². The van der Waals surface area contributed by atoms with Crippen molar-refractivity contribution in [2.24, 2.45) is 0 Å². The van der Waals surface area contributed by atoms with Crippen LogP contribution in [0.5, 0.6) is 5.75 Å². The first kappa shape index (κ1) is 14.0. The van der Waals surface area contributed by atoms with Crippen molar-refractivity contribution in [1.82, 2.24) is 20.5 Å². The van der Waals surface area contributed by atoms with E-state index in [1.165, 1.54) is 30.6 Å². The number of aromatic amines is 1. The largest absolute Gasteiger partial charge is 0.481 e. The highest BCUT2D eigenvalue weighted by Crippen LogP contribution is 2.13. The van der Waals surface area contributed by atoms with E-state index in [4.69, 9.17) is 4.74 Å². The van der Waals surface area contributed by atoms with Gasteiger partial charge >= 0.3 is 0 Å². The maximum atomic E-state index is 12.8. The molecular formula is C13H15FN4O2. The van der Waals surface area contributed by atoms with E-state index < -0.39 is 6.10 Å². The molecule has 1 amide bonds. The van der Waals surface area contributed by atoms with Gasteiger partial charge in [0.1, 0.15) is 23.7 Å². The average molecular weight is 278 g/mol. The van der Waals surface area contributed by atoms with E-state index in [1.54, 1.807) is 13.8 Å². The van der Waals surface area contributed by atoms with Crippen molar-refractivity contribution in [2.45, 2.75) is 26.0 Å². The molecule has 0 saturated heterocycles. The molecule has 2 unspecified atom stereocenters. The number of nitrogens with one attached hydrogen (secondary N) is 2. The van der Waals surface area contributed by atoms with Gasteiger partial charge < -0.3 is 10.1 Å². The molecule has 1 aromatic carbocycles. The number of carbonyl (C=O) groups is 1. The number of benzene rings is 1. The molecule has 0 bridgehead atoms. The summed E-state index contributed by atoms with van der Waals surface area (Å²) in [5.74, 6) is 0.348. The van der Waals surface area contributed by atoms with Gasteiger partial charge in [-0.25, -0.2) is 9.37 Å². The number of hydrogen-bond acceptors (Lipinski definition) is 4. The minimum atomic E-state index is -0.703. The molecule has 0 fully saturated rings. The van der Waals surface area contributed by atoms with E-state index in [0.717, 1.165) is 0 Å². The van der Waals surface area contributed by atoms with Crippen molar-refractivity contribution in [1.29, 1.82) is 0 Å². The molecule has 1 aromatic heterocycles. The van der Waals surface area contributed by atoms with Crippen molar-refractivity contribution < 1.29 is 13.9 Å². The van der Waals surface area contributed by atoms with Crippen LogP contribution in [-0.2, 0) is 4.79 Å². The summed E-state index contributed by atoms with van der Waals surface area (Å²) in [7, 11) is 0. The van der Waals surface area contributed by atoms with Gasteiger partial charge in [0.15, 0.2) is 6.10 Å². The monoisotopic (exact) mass is 278 g/mol. The number of aromatic nitrogens is 3. The first-order chi connectivity index (χ1) is 9.56. The number of hydrogen-bond donors (Lipinski definition) is 2. The molecule has 0 spiro atoms. The van der Waals surface area contributed by atoms with Crippen LogP contribution in [0.25, 0.3) is 0 Å². The highest BCUT2D eigenvalue weighted by Gasteiger charge is 2.18. The van der Waals surface area contributed by atoms with E-state index in [9.17, 15) is 9.18 Å². The van der Waals surface area contributed by atoms with E-state index in [1.807, 2.05) is 0 Å². The lowest BCUT2D eigenvalue weighted by atomic mass is 10.2. The summed E-state index contributed by atoms with van der Waals surface area (Å²) < 4.78 is 18.2. The Kier molecular flexibility index (Phi) is 4.29. The van der Waals surface area contributed by atoms with Crippen LogP contribution in [0.1, 0.15) is 25.7 Å². The number of nitrogens with zero attached hydrogens (tertiary/aromatic N) is 2. The third-order valence-corrected chi connectivity index (χ3v) is 2.70. The van der Waals surface area contributed by atoms with Gasteiger partial charge in [-0.05, 0) is 38.1 Å². The third kappa shape index (κ3) is 3.53. The van der Waals surface area contributed by atoms with Crippen LogP contribution >= 0.6 is 0 Å². The maximum absolute atomic E-state index is 12.8. The number of H-pyrrole nitrogens is 1. The molecule has 0 aliphatic carbocycles. The van der Waals surface area contributed by atoms with Crippen LogP contribution in [-0.4, -0.2) is 27.2 Å². The fraction of sp³-hybridized carbons (Fsp3) is 0.308. The van der Waals surface area contributed by atoms with Gasteiger partial charge in [-0.1, -0.05) is 0 Å². The Morgan fingerprint density at radius 1 is 1.35 bits per heavy atom. The normalized spacial score (nSPS) is 13.6. The van der Waals surface area contributed by atoms with E-state index in [2.05, 4.69) is 20.5 Å². The minimum Gasteiger partial charge on any atom is -0.481 e. The summed E-state index contributed by atoms with van der Waals surface area (Å²) in [6, 6.07) is 5.19. The molecule has 0 aliphatic rings. The van der Waals surface area contributed by atoms with Gasteiger partial charge in [0.2, 0.25) is 0 Å². The van der Waals surface area contributed by atoms with Gasteiger partial charge in [-0.3, -0.25) is 9.89 Å². The Morgan fingerprint density at radius 2 is 2.05 bits per heavy atom. The topological polar surface area (TPSA) is 79.9 Å². The molecule has 106 valence electrons. The summed E-state index contributed by atoms with van der Waals surface area (Å²) >= 11 is 0. The molecule has 20 heavy (non-hydrogen) atoms. The maximum Gasteiger partial charge on any atom is 0.261 e.